The predicted molar refractivity (Wildman–Crippen MR) is 118 cm³/mol. The Morgan fingerprint density at radius 1 is 1.23 bits per heavy atom. The summed E-state index contributed by atoms with van der Waals surface area (Å²) in [6, 6.07) is 8.50. The third-order valence-corrected chi connectivity index (χ3v) is 5.12. The molecule has 0 unspecified atom stereocenters. The lowest BCUT2D eigenvalue weighted by atomic mass is 10.0. The molecule has 1 aliphatic heterocycles. The first-order chi connectivity index (χ1) is 12.3. The van der Waals surface area contributed by atoms with Crippen LogP contribution in [-0.4, -0.2) is 38.0 Å². The number of aliphatic imine (C=N–C) groups is 1. The smallest absolute Gasteiger partial charge is 0.220 e. The highest BCUT2D eigenvalue weighted by molar-refractivity contribution is 14.0. The van der Waals surface area contributed by atoms with Gasteiger partial charge in [-0.05, 0) is 43.7 Å². The molecular formula is C20H31IN4O. The van der Waals surface area contributed by atoms with E-state index in [-0.39, 0.29) is 29.9 Å². The van der Waals surface area contributed by atoms with Gasteiger partial charge in [0.1, 0.15) is 0 Å². The summed E-state index contributed by atoms with van der Waals surface area (Å²) in [5.74, 6) is 1.69. The zero-order chi connectivity index (χ0) is 17.5. The number of halogens is 1. The molecule has 1 aromatic rings. The van der Waals surface area contributed by atoms with Crippen LogP contribution >= 0.6 is 24.0 Å². The fraction of sp³-hybridized carbons (Fsp3) is 0.600. The van der Waals surface area contributed by atoms with Crippen LogP contribution in [0.25, 0.3) is 0 Å². The summed E-state index contributed by atoms with van der Waals surface area (Å²) < 4.78 is 0. The van der Waals surface area contributed by atoms with E-state index in [4.69, 9.17) is 4.99 Å². The summed E-state index contributed by atoms with van der Waals surface area (Å²) in [5.41, 5.74) is 2.62. The summed E-state index contributed by atoms with van der Waals surface area (Å²) in [7, 11) is 0. The van der Waals surface area contributed by atoms with Crippen molar-refractivity contribution in [2.45, 2.75) is 45.4 Å². The van der Waals surface area contributed by atoms with Crippen molar-refractivity contribution in [2.24, 2.45) is 10.9 Å². The van der Waals surface area contributed by atoms with Crippen LogP contribution in [0.3, 0.4) is 0 Å². The van der Waals surface area contributed by atoms with E-state index >= 15 is 0 Å². The number of carbonyl (C=O) groups excluding carboxylic acids is 1. The third-order valence-electron chi connectivity index (χ3n) is 5.12. The Bertz CT molecular complexity index is 614. The molecule has 6 heteroatoms. The first kappa shape index (κ1) is 21.0. The van der Waals surface area contributed by atoms with Gasteiger partial charge in [0.15, 0.2) is 5.96 Å². The van der Waals surface area contributed by atoms with Crippen LogP contribution < -0.4 is 15.5 Å². The maximum absolute atomic E-state index is 12.0. The van der Waals surface area contributed by atoms with E-state index in [1.54, 1.807) is 0 Å². The molecule has 26 heavy (non-hydrogen) atoms. The zero-order valence-electron chi connectivity index (χ0n) is 15.7. The van der Waals surface area contributed by atoms with Crippen LogP contribution in [0.1, 0.15) is 44.6 Å². The number of nitrogens with zero attached hydrogens (tertiary/aromatic N) is 2. The van der Waals surface area contributed by atoms with Crippen molar-refractivity contribution in [3.8, 4) is 0 Å². The van der Waals surface area contributed by atoms with E-state index in [9.17, 15) is 4.79 Å². The Kier molecular flexibility index (Phi) is 8.68. The Hall–Kier alpha value is -1.31. The highest BCUT2D eigenvalue weighted by Gasteiger charge is 2.22. The number of amides is 1. The second kappa shape index (κ2) is 10.7. The van der Waals surface area contributed by atoms with Gasteiger partial charge in [0.05, 0.1) is 6.54 Å². The van der Waals surface area contributed by atoms with E-state index < -0.39 is 0 Å². The van der Waals surface area contributed by atoms with Crippen molar-refractivity contribution in [3.05, 3.63) is 29.8 Å². The fourth-order valence-corrected chi connectivity index (χ4v) is 3.86. The zero-order valence-corrected chi connectivity index (χ0v) is 18.0. The number of guanidine groups is 1. The molecule has 0 bridgehead atoms. The molecule has 2 N–H and O–H groups in total. The van der Waals surface area contributed by atoms with Crippen molar-refractivity contribution >= 4 is 41.5 Å². The molecule has 3 rings (SSSR count). The summed E-state index contributed by atoms with van der Waals surface area (Å²) in [4.78, 5) is 19.0. The molecule has 0 aromatic heterocycles. The normalized spacial score (nSPS) is 17.0. The second-order valence-corrected chi connectivity index (χ2v) is 6.97. The standard InChI is InChI=1S/C20H30N4O.HI/c1-2-21-20(24-14-11-17-9-5-6-10-18(17)24)23-13-12-22-19(25)15-16-7-3-4-8-16;/h5-6,9-10,16H,2-4,7-8,11-15H2,1H3,(H,21,23)(H,22,25);1H. The Labute approximate surface area is 174 Å². The van der Waals surface area contributed by atoms with Crippen LogP contribution in [0, 0.1) is 5.92 Å². The summed E-state index contributed by atoms with van der Waals surface area (Å²) in [6.07, 6.45) is 6.73. The van der Waals surface area contributed by atoms with Crippen molar-refractivity contribution in [1.29, 1.82) is 0 Å². The lowest BCUT2D eigenvalue weighted by molar-refractivity contribution is -0.121. The lowest BCUT2D eigenvalue weighted by Crippen LogP contribution is -2.41. The van der Waals surface area contributed by atoms with Crippen molar-refractivity contribution in [3.63, 3.8) is 0 Å². The summed E-state index contributed by atoms with van der Waals surface area (Å²) in [5, 5.41) is 6.40. The first-order valence-corrected chi connectivity index (χ1v) is 9.68. The van der Waals surface area contributed by atoms with E-state index in [2.05, 4.69) is 46.7 Å². The molecule has 1 aromatic carbocycles. The molecular weight excluding hydrogens is 439 g/mol. The molecule has 2 aliphatic rings. The van der Waals surface area contributed by atoms with Gasteiger partial charge >= 0.3 is 0 Å². The summed E-state index contributed by atoms with van der Waals surface area (Å²) >= 11 is 0. The van der Waals surface area contributed by atoms with Crippen LogP contribution in [0.5, 0.6) is 0 Å². The quantitative estimate of drug-likeness (QED) is 0.290. The van der Waals surface area contributed by atoms with E-state index in [0.29, 0.717) is 25.4 Å². The molecule has 5 nitrogen and oxygen atoms in total. The summed E-state index contributed by atoms with van der Waals surface area (Å²) in [6.45, 7) is 5.10. The monoisotopic (exact) mass is 470 g/mol. The maximum atomic E-state index is 12.0. The molecule has 0 saturated heterocycles. The van der Waals surface area contributed by atoms with Gasteiger partial charge < -0.3 is 15.5 Å². The molecule has 0 atom stereocenters. The number of rotatable bonds is 6. The van der Waals surface area contributed by atoms with Gasteiger partial charge in [0, 0.05) is 31.7 Å². The van der Waals surface area contributed by atoms with E-state index in [1.807, 2.05) is 0 Å². The van der Waals surface area contributed by atoms with Gasteiger partial charge in [0.2, 0.25) is 5.91 Å². The number of benzene rings is 1. The van der Waals surface area contributed by atoms with E-state index in [0.717, 1.165) is 25.5 Å². The molecule has 1 heterocycles. The second-order valence-electron chi connectivity index (χ2n) is 6.97. The number of hydrogen-bond donors (Lipinski definition) is 2. The van der Waals surface area contributed by atoms with Crippen molar-refractivity contribution in [2.75, 3.05) is 31.1 Å². The number of anilines is 1. The average Bonchev–Trinajstić information content (AvgIpc) is 3.27. The number of carbonyl (C=O) groups is 1. The van der Waals surface area contributed by atoms with Gasteiger partial charge in [-0.1, -0.05) is 31.0 Å². The molecule has 1 aliphatic carbocycles. The Morgan fingerprint density at radius 2 is 2.00 bits per heavy atom. The number of fused-ring (bicyclic) bond motifs is 1. The number of para-hydroxylation sites is 1. The van der Waals surface area contributed by atoms with E-state index in [1.165, 1.54) is 36.9 Å². The number of nitrogens with one attached hydrogen (secondary N) is 2. The minimum atomic E-state index is 0. The van der Waals surface area contributed by atoms with Gasteiger partial charge in [-0.15, -0.1) is 24.0 Å². The van der Waals surface area contributed by atoms with Crippen LogP contribution in [0.4, 0.5) is 5.69 Å². The van der Waals surface area contributed by atoms with Gasteiger partial charge in [-0.3, -0.25) is 9.79 Å². The van der Waals surface area contributed by atoms with Gasteiger partial charge in [-0.25, -0.2) is 0 Å². The molecule has 144 valence electrons. The highest BCUT2D eigenvalue weighted by atomic mass is 127. The minimum Gasteiger partial charge on any atom is -0.356 e. The fourth-order valence-electron chi connectivity index (χ4n) is 3.86. The van der Waals surface area contributed by atoms with Gasteiger partial charge in [-0.2, -0.15) is 0 Å². The molecule has 0 spiro atoms. The Balaban J connectivity index is 0.00000243. The van der Waals surface area contributed by atoms with Crippen molar-refractivity contribution < 1.29 is 4.79 Å². The molecule has 1 fully saturated rings. The van der Waals surface area contributed by atoms with Gasteiger partial charge in [0.25, 0.3) is 0 Å². The molecule has 0 radical (unpaired) electrons. The predicted octanol–water partition coefficient (Wildman–Crippen LogP) is 3.33. The van der Waals surface area contributed by atoms with Crippen LogP contribution in [-0.2, 0) is 11.2 Å². The maximum Gasteiger partial charge on any atom is 0.220 e. The van der Waals surface area contributed by atoms with Crippen LogP contribution in [0.15, 0.2) is 29.3 Å². The SMILES string of the molecule is CCNC(=NCCNC(=O)CC1CCCC1)N1CCc2ccccc21.I. The topological polar surface area (TPSA) is 56.7 Å². The van der Waals surface area contributed by atoms with Crippen molar-refractivity contribution in [1.82, 2.24) is 10.6 Å². The molecule has 1 amide bonds. The Morgan fingerprint density at radius 3 is 2.77 bits per heavy atom. The highest BCUT2D eigenvalue weighted by Crippen LogP contribution is 2.28. The largest absolute Gasteiger partial charge is 0.356 e. The first-order valence-electron chi connectivity index (χ1n) is 9.68. The molecule has 1 saturated carbocycles. The lowest BCUT2D eigenvalue weighted by Gasteiger charge is -2.22. The average molecular weight is 470 g/mol. The minimum absolute atomic E-state index is 0. The van der Waals surface area contributed by atoms with Crippen LogP contribution in [0.2, 0.25) is 0 Å². The number of hydrogen-bond acceptors (Lipinski definition) is 2. The third kappa shape index (κ3) is 5.59.